The van der Waals surface area contributed by atoms with Gasteiger partial charge in [-0.25, -0.2) is 4.79 Å². The number of benzene rings is 2. The lowest BCUT2D eigenvalue weighted by atomic mass is 10.1. The van der Waals surface area contributed by atoms with Gasteiger partial charge in [-0.1, -0.05) is 13.3 Å². The smallest absolute Gasteiger partial charge is 0.338 e. The zero-order valence-corrected chi connectivity index (χ0v) is 16.5. The molecule has 6 heteroatoms. The van der Waals surface area contributed by atoms with Crippen molar-refractivity contribution in [1.82, 2.24) is 4.90 Å². The van der Waals surface area contributed by atoms with Crippen molar-refractivity contribution in [3.8, 4) is 0 Å². The Hall–Kier alpha value is -3.15. The van der Waals surface area contributed by atoms with E-state index in [4.69, 9.17) is 4.74 Å². The summed E-state index contributed by atoms with van der Waals surface area (Å²) in [7, 11) is 1.78. The standard InChI is InChI=1S/C22H26N2O4/c1-4-6-15-24(3)21(26)17-9-7-16(8-10-17)20(25)23-19-13-11-18(12-14-19)22(27)28-5-2/h7-14H,4-6,15H2,1-3H3,(H,23,25). The molecule has 0 bridgehead atoms. The maximum atomic E-state index is 12.4. The summed E-state index contributed by atoms with van der Waals surface area (Å²) in [6.45, 7) is 4.84. The highest BCUT2D eigenvalue weighted by atomic mass is 16.5. The number of carbonyl (C=O) groups excluding carboxylic acids is 3. The Morgan fingerprint density at radius 3 is 2.04 bits per heavy atom. The molecule has 0 aliphatic heterocycles. The fourth-order valence-electron chi connectivity index (χ4n) is 2.59. The Bertz CT molecular complexity index is 813. The van der Waals surface area contributed by atoms with E-state index in [9.17, 15) is 14.4 Å². The first-order valence-corrected chi connectivity index (χ1v) is 9.40. The molecule has 0 atom stereocenters. The molecule has 0 fully saturated rings. The van der Waals surface area contributed by atoms with E-state index < -0.39 is 5.97 Å². The van der Waals surface area contributed by atoms with Gasteiger partial charge in [-0.05, 0) is 61.9 Å². The van der Waals surface area contributed by atoms with Gasteiger partial charge in [-0.2, -0.15) is 0 Å². The van der Waals surface area contributed by atoms with E-state index in [1.807, 2.05) is 0 Å². The molecular formula is C22H26N2O4. The van der Waals surface area contributed by atoms with Crippen molar-refractivity contribution >= 4 is 23.5 Å². The minimum absolute atomic E-state index is 0.0602. The van der Waals surface area contributed by atoms with Gasteiger partial charge >= 0.3 is 5.97 Å². The summed E-state index contributed by atoms with van der Waals surface area (Å²) in [6, 6.07) is 13.1. The number of anilines is 1. The fraction of sp³-hybridized carbons (Fsp3) is 0.318. The van der Waals surface area contributed by atoms with Gasteiger partial charge in [0.1, 0.15) is 0 Å². The van der Waals surface area contributed by atoms with E-state index in [0.29, 0.717) is 35.5 Å². The van der Waals surface area contributed by atoms with Crippen LogP contribution in [0.15, 0.2) is 48.5 Å². The summed E-state index contributed by atoms with van der Waals surface area (Å²) in [5.41, 5.74) is 1.99. The molecule has 148 valence electrons. The highest BCUT2D eigenvalue weighted by Gasteiger charge is 2.13. The Labute approximate surface area is 165 Å². The van der Waals surface area contributed by atoms with Gasteiger partial charge in [0.2, 0.25) is 0 Å². The predicted octanol–water partition coefficient (Wildman–Crippen LogP) is 3.99. The summed E-state index contributed by atoms with van der Waals surface area (Å²) < 4.78 is 4.93. The first-order valence-electron chi connectivity index (χ1n) is 9.40. The molecule has 0 heterocycles. The molecule has 28 heavy (non-hydrogen) atoms. The predicted molar refractivity (Wildman–Crippen MR) is 109 cm³/mol. The van der Waals surface area contributed by atoms with E-state index in [0.717, 1.165) is 12.8 Å². The van der Waals surface area contributed by atoms with Crippen LogP contribution in [0.3, 0.4) is 0 Å². The number of amides is 2. The average molecular weight is 382 g/mol. The molecule has 1 N–H and O–H groups in total. The van der Waals surface area contributed by atoms with Crippen LogP contribution in [0.25, 0.3) is 0 Å². The summed E-state index contributed by atoms with van der Waals surface area (Å²) in [6.07, 6.45) is 1.98. The highest BCUT2D eigenvalue weighted by molar-refractivity contribution is 6.05. The van der Waals surface area contributed by atoms with Crippen LogP contribution in [-0.4, -0.2) is 42.9 Å². The van der Waals surface area contributed by atoms with Crippen molar-refractivity contribution in [2.24, 2.45) is 0 Å². The molecule has 0 spiro atoms. The normalized spacial score (nSPS) is 10.2. The first kappa shape index (κ1) is 21.2. The lowest BCUT2D eigenvalue weighted by molar-refractivity contribution is 0.0526. The third-order valence-corrected chi connectivity index (χ3v) is 4.24. The lowest BCUT2D eigenvalue weighted by Gasteiger charge is -2.16. The second kappa shape index (κ2) is 10.3. The van der Waals surface area contributed by atoms with Gasteiger partial charge in [0.05, 0.1) is 12.2 Å². The van der Waals surface area contributed by atoms with Crippen LogP contribution >= 0.6 is 0 Å². The Morgan fingerprint density at radius 1 is 0.893 bits per heavy atom. The van der Waals surface area contributed by atoms with E-state index in [1.165, 1.54) is 0 Å². The Morgan fingerprint density at radius 2 is 1.46 bits per heavy atom. The van der Waals surface area contributed by atoms with Crippen LogP contribution in [0.1, 0.15) is 57.8 Å². The Balaban J connectivity index is 1.99. The monoisotopic (exact) mass is 382 g/mol. The number of unbranched alkanes of at least 4 members (excludes halogenated alkanes) is 1. The molecular weight excluding hydrogens is 356 g/mol. The fourth-order valence-corrected chi connectivity index (χ4v) is 2.59. The van der Waals surface area contributed by atoms with E-state index >= 15 is 0 Å². The van der Waals surface area contributed by atoms with E-state index in [1.54, 1.807) is 67.4 Å². The van der Waals surface area contributed by atoms with Crippen LogP contribution < -0.4 is 5.32 Å². The summed E-state index contributed by atoms with van der Waals surface area (Å²) in [5.74, 6) is -0.748. The molecule has 2 aromatic carbocycles. The zero-order valence-electron chi connectivity index (χ0n) is 16.5. The zero-order chi connectivity index (χ0) is 20.5. The van der Waals surface area contributed by atoms with Crippen molar-refractivity contribution < 1.29 is 19.1 Å². The SMILES string of the molecule is CCCCN(C)C(=O)c1ccc(C(=O)Nc2ccc(C(=O)OCC)cc2)cc1. The van der Waals surface area contributed by atoms with Gasteiger partial charge < -0.3 is 15.0 Å². The molecule has 0 saturated carbocycles. The van der Waals surface area contributed by atoms with Gasteiger partial charge in [0.15, 0.2) is 0 Å². The quantitative estimate of drug-likeness (QED) is 0.701. The minimum atomic E-state index is -0.399. The van der Waals surface area contributed by atoms with Crippen molar-refractivity contribution in [2.75, 3.05) is 25.5 Å². The number of nitrogens with zero attached hydrogens (tertiary/aromatic N) is 1. The minimum Gasteiger partial charge on any atom is -0.462 e. The van der Waals surface area contributed by atoms with E-state index in [-0.39, 0.29) is 11.8 Å². The summed E-state index contributed by atoms with van der Waals surface area (Å²) >= 11 is 0. The van der Waals surface area contributed by atoms with Gasteiger partial charge in [0, 0.05) is 30.4 Å². The largest absolute Gasteiger partial charge is 0.462 e. The van der Waals surface area contributed by atoms with Crippen molar-refractivity contribution in [3.63, 3.8) is 0 Å². The third kappa shape index (κ3) is 5.67. The number of esters is 1. The second-order valence-corrected chi connectivity index (χ2v) is 6.41. The molecule has 0 aromatic heterocycles. The van der Waals surface area contributed by atoms with Gasteiger partial charge in [0.25, 0.3) is 11.8 Å². The number of ether oxygens (including phenoxy) is 1. The Kier molecular flexibility index (Phi) is 7.75. The third-order valence-electron chi connectivity index (χ3n) is 4.24. The topological polar surface area (TPSA) is 75.7 Å². The molecule has 6 nitrogen and oxygen atoms in total. The van der Waals surface area contributed by atoms with Crippen LogP contribution in [-0.2, 0) is 4.74 Å². The number of rotatable bonds is 8. The average Bonchev–Trinajstić information content (AvgIpc) is 2.72. The van der Waals surface area contributed by atoms with Crippen LogP contribution in [0.2, 0.25) is 0 Å². The summed E-state index contributed by atoms with van der Waals surface area (Å²) in [4.78, 5) is 38.1. The molecule has 0 saturated heterocycles. The molecule has 0 radical (unpaired) electrons. The molecule has 2 rings (SSSR count). The second-order valence-electron chi connectivity index (χ2n) is 6.41. The molecule has 0 aliphatic carbocycles. The molecule has 2 aromatic rings. The highest BCUT2D eigenvalue weighted by Crippen LogP contribution is 2.14. The number of hydrogen-bond donors (Lipinski definition) is 1. The van der Waals surface area contributed by atoms with E-state index in [2.05, 4.69) is 12.2 Å². The van der Waals surface area contributed by atoms with Crippen molar-refractivity contribution in [3.05, 3.63) is 65.2 Å². The number of nitrogens with one attached hydrogen (secondary N) is 1. The van der Waals surface area contributed by atoms with Gasteiger partial charge in [-0.3, -0.25) is 9.59 Å². The number of hydrogen-bond acceptors (Lipinski definition) is 4. The maximum Gasteiger partial charge on any atom is 0.338 e. The maximum absolute atomic E-state index is 12.4. The van der Waals surface area contributed by atoms with Crippen LogP contribution in [0.4, 0.5) is 5.69 Å². The molecule has 2 amide bonds. The molecule has 0 aliphatic rings. The van der Waals surface area contributed by atoms with Crippen molar-refractivity contribution in [2.45, 2.75) is 26.7 Å². The summed E-state index contributed by atoms with van der Waals surface area (Å²) in [5, 5.41) is 2.77. The number of carbonyl (C=O) groups is 3. The lowest BCUT2D eigenvalue weighted by Crippen LogP contribution is -2.27. The van der Waals surface area contributed by atoms with Gasteiger partial charge in [-0.15, -0.1) is 0 Å². The van der Waals surface area contributed by atoms with Crippen LogP contribution in [0.5, 0.6) is 0 Å². The van der Waals surface area contributed by atoms with Crippen molar-refractivity contribution in [1.29, 1.82) is 0 Å². The first-order chi connectivity index (χ1) is 13.5. The van der Waals surface area contributed by atoms with Crippen LogP contribution in [0, 0.1) is 0 Å². The molecule has 0 unspecified atom stereocenters.